The molecule has 0 radical (unpaired) electrons. The molecule has 0 aliphatic carbocycles. The molecule has 1 amide bonds. The van der Waals surface area contributed by atoms with Crippen LogP contribution < -0.4 is 5.32 Å². The fraction of sp³-hybridized carbons (Fsp3) is 0.214. The third kappa shape index (κ3) is 1.98. The molecule has 2 aromatic rings. The summed E-state index contributed by atoms with van der Waals surface area (Å²) in [4.78, 5) is 12.1. The molecule has 1 aliphatic heterocycles. The lowest BCUT2D eigenvalue weighted by Crippen LogP contribution is -2.33. The normalized spacial score (nSPS) is 20.6. The Morgan fingerprint density at radius 1 is 1.48 bits per heavy atom. The first kappa shape index (κ1) is 13.6. The van der Waals surface area contributed by atoms with E-state index in [-0.39, 0.29) is 10.6 Å². The Morgan fingerprint density at radius 3 is 2.90 bits per heavy atom. The van der Waals surface area contributed by atoms with Crippen LogP contribution in [0.25, 0.3) is 0 Å². The van der Waals surface area contributed by atoms with E-state index in [1.165, 1.54) is 18.2 Å². The van der Waals surface area contributed by atoms with E-state index in [1.54, 1.807) is 6.92 Å². The molecule has 0 saturated heterocycles. The summed E-state index contributed by atoms with van der Waals surface area (Å²) in [5, 5.41) is 18.9. The van der Waals surface area contributed by atoms with Crippen molar-refractivity contribution in [3.05, 3.63) is 46.0 Å². The molecule has 0 bridgehead atoms. The number of nitrogens with one attached hydrogen (secondary N) is 2. The molecule has 2 atom stereocenters. The number of anilines is 1. The number of nitrogens with zero attached hydrogens (tertiary/aromatic N) is 2. The van der Waals surface area contributed by atoms with Gasteiger partial charge in [0.2, 0.25) is 5.91 Å². The van der Waals surface area contributed by atoms with Gasteiger partial charge in [0, 0.05) is 10.6 Å². The SMILES string of the molecule is Cc1[nH]nc2c1NC(=O)[C@@H](C#N)[C@@H]2c1c(F)cccc1Cl. The number of fused-ring (bicyclic) bond motifs is 1. The minimum Gasteiger partial charge on any atom is -0.322 e. The lowest BCUT2D eigenvalue weighted by atomic mass is 9.80. The summed E-state index contributed by atoms with van der Waals surface area (Å²) in [6, 6.07) is 6.17. The fourth-order valence-electron chi connectivity index (χ4n) is 2.59. The average molecular weight is 305 g/mol. The summed E-state index contributed by atoms with van der Waals surface area (Å²) < 4.78 is 14.2. The molecule has 2 N–H and O–H groups in total. The van der Waals surface area contributed by atoms with Crippen LogP contribution in [-0.4, -0.2) is 16.1 Å². The van der Waals surface area contributed by atoms with Crippen molar-refractivity contribution in [2.45, 2.75) is 12.8 Å². The lowest BCUT2D eigenvalue weighted by Gasteiger charge is -2.27. The maximum Gasteiger partial charge on any atom is 0.242 e. The predicted octanol–water partition coefficient (Wildman–Crippen LogP) is 2.73. The van der Waals surface area contributed by atoms with Gasteiger partial charge in [-0.05, 0) is 19.1 Å². The Kier molecular flexibility index (Phi) is 3.15. The number of hydrogen-bond acceptors (Lipinski definition) is 3. The summed E-state index contributed by atoms with van der Waals surface area (Å²) in [6.07, 6.45) is 0. The lowest BCUT2D eigenvalue weighted by molar-refractivity contribution is -0.119. The predicted molar refractivity (Wildman–Crippen MR) is 74.3 cm³/mol. The highest BCUT2D eigenvalue weighted by Crippen LogP contribution is 2.43. The maximum absolute atomic E-state index is 14.2. The number of H-pyrrole nitrogens is 1. The molecular formula is C14H10ClFN4O. The number of carbonyl (C=O) groups is 1. The highest BCUT2D eigenvalue weighted by Gasteiger charge is 2.41. The molecule has 0 unspecified atom stereocenters. The van der Waals surface area contributed by atoms with E-state index in [2.05, 4.69) is 15.5 Å². The van der Waals surface area contributed by atoms with Gasteiger partial charge >= 0.3 is 0 Å². The number of carbonyl (C=O) groups excluding carboxylic acids is 1. The number of aryl methyl sites for hydroxylation is 1. The Morgan fingerprint density at radius 2 is 2.24 bits per heavy atom. The van der Waals surface area contributed by atoms with Gasteiger partial charge in [0.05, 0.1) is 29.1 Å². The number of aromatic nitrogens is 2. The zero-order chi connectivity index (χ0) is 15.1. The Bertz CT molecular complexity index is 760. The van der Waals surface area contributed by atoms with Crippen molar-refractivity contribution in [1.29, 1.82) is 5.26 Å². The number of rotatable bonds is 1. The van der Waals surface area contributed by atoms with Crippen LogP contribution in [0.4, 0.5) is 10.1 Å². The molecule has 106 valence electrons. The monoisotopic (exact) mass is 304 g/mol. The number of halogens is 2. The quantitative estimate of drug-likeness (QED) is 0.850. The van der Waals surface area contributed by atoms with Gasteiger partial charge in [-0.25, -0.2) is 4.39 Å². The molecule has 0 fully saturated rings. The van der Waals surface area contributed by atoms with Crippen molar-refractivity contribution in [2.24, 2.45) is 5.92 Å². The molecule has 0 spiro atoms. The minimum absolute atomic E-state index is 0.119. The van der Waals surface area contributed by atoms with Gasteiger partial charge in [-0.15, -0.1) is 0 Å². The summed E-state index contributed by atoms with van der Waals surface area (Å²) in [6.45, 7) is 1.73. The zero-order valence-corrected chi connectivity index (χ0v) is 11.7. The topological polar surface area (TPSA) is 81.6 Å². The second-order valence-corrected chi connectivity index (χ2v) is 5.23. The number of benzene rings is 1. The summed E-state index contributed by atoms with van der Waals surface area (Å²) >= 11 is 6.09. The minimum atomic E-state index is -1.09. The highest BCUT2D eigenvalue weighted by molar-refractivity contribution is 6.31. The van der Waals surface area contributed by atoms with Crippen LogP contribution in [-0.2, 0) is 4.79 Å². The van der Waals surface area contributed by atoms with Gasteiger partial charge < -0.3 is 5.32 Å². The van der Waals surface area contributed by atoms with Gasteiger partial charge in [0.1, 0.15) is 11.7 Å². The number of aromatic amines is 1. The van der Waals surface area contributed by atoms with Crippen LogP contribution in [0.5, 0.6) is 0 Å². The van der Waals surface area contributed by atoms with Crippen LogP contribution in [0.15, 0.2) is 18.2 Å². The van der Waals surface area contributed by atoms with Crippen molar-refractivity contribution < 1.29 is 9.18 Å². The van der Waals surface area contributed by atoms with Gasteiger partial charge in [0.25, 0.3) is 0 Å². The molecule has 1 aliphatic rings. The Hall–Kier alpha value is -2.39. The number of hydrogen-bond donors (Lipinski definition) is 2. The van der Waals surface area contributed by atoms with Crippen LogP contribution in [0.1, 0.15) is 22.9 Å². The van der Waals surface area contributed by atoms with Crippen molar-refractivity contribution >= 4 is 23.2 Å². The van der Waals surface area contributed by atoms with Crippen LogP contribution in [0, 0.1) is 30.0 Å². The first-order valence-electron chi connectivity index (χ1n) is 6.23. The Balaban J connectivity index is 2.28. The molecule has 3 rings (SSSR count). The number of amides is 1. The standard InChI is InChI=1S/C14H10ClFN4O/c1-6-12-13(20-19-6)10(7(5-17)14(21)18-12)11-8(15)3-2-4-9(11)16/h2-4,7,10H,1H3,(H,18,21)(H,19,20)/t7-,10+/m0/s1. The van der Waals surface area contributed by atoms with Crippen molar-refractivity contribution in [3.8, 4) is 6.07 Å². The van der Waals surface area contributed by atoms with E-state index in [4.69, 9.17) is 11.6 Å². The smallest absolute Gasteiger partial charge is 0.242 e. The van der Waals surface area contributed by atoms with Crippen LogP contribution in [0.2, 0.25) is 5.02 Å². The molecule has 7 heteroatoms. The van der Waals surface area contributed by atoms with E-state index in [0.29, 0.717) is 17.1 Å². The van der Waals surface area contributed by atoms with E-state index >= 15 is 0 Å². The first-order chi connectivity index (χ1) is 10.0. The Labute approximate surface area is 124 Å². The summed E-state index contributed by atoms with van der Waals surface area (Å²) in [7, 11) is 0. The van der Waals surface area contributed by atoms with Gasteiger partial charge in [0.15, 0.2) is 0 Å². The maximum atomic E-state index is 14.2. The molecule has 1 aromatic carbocycles. The molecule has 21 heavy (non-hydrogen) atoms. The van der Waals surface area contributed by atoms with Crippen molar-refractivity contribution in [1.82, 2.24) is 10.2 Å². The molecule has 5 nitrogen and oxygen atoms in total. The van der Waals surface area contributed by atoms with Gasteiger partial charge in [-0.1, -0.05) is 17.7 Å². The van der Waals surface area contributed by atoms with Crippen LogP contribution >= 0.6 is 11.6 Å². The van der Waals surface area contributed by atoms with Crippen LogP contribution in [0.3, 0.4) is 0 Å². The van der Waals surface area contributed by atoms with Crippen molar-refractivity contribution in [3.63, 3.8) is 0 Å². The average Bonchev–Trinajstić information content (AvgIpc) is 2.80. The second-order valence-electron chi connectivity index (χ2n) is 4.82. The zero-order valence-electron chi connectivity index (χ0n) is 10.9. The third-order valence-corrected chi connectivity index (χ3v) is 3.91. The molecule has 0 saturated carbocycles. The summed E-state index contributed by atoms with van der Waals surface area (Å²) in [5.74, 6) is -2.97. The van der Waals surface area contributed by atoms with Gasteiger partial charge in [-0.2, -0.15) is 10.4 Å². The summed E-state index contributed by atoms with van der Waals surface area (Å²) in [5.41, 5.74) is 1.67. The number of nitriles is 1. The highest BCUT2D eigenvalue weighted by atomic mass is 35.5. The third-order valence-electron chi connectivity index (χ3n) is 3.58. The largest absolute Gasteiger partial charge is 0.322 e. The first-order valence-corrected chi connectivity index (χ1v) is 6.61. The van der Waals surface area contributed by atoms with E-state index in [1.807, 2.05) is 6.07 Å². The van der Waals surface area contributed by atoms with Crippen molar-refractivity contribution in [2.75, 3.05) is 5.32 Å². The second kappa shape index (κ2) is 4.86. The molecule has 1 aromatic heterocycles. The fourth-order valence-corrected chi connectivity index (χ4v) is 2.87. The molecular weight excluding hydrogens is 295 g/mol. The van der Waals surface area contributed by atoms with Gasteiger partial charge in [-0.3, -0.25) is 9.89 Å². The van der Waals surface area contributed by atoms with E-state index < -0.39 is 23.6 Å². The molecule has 2 heterocycles. The van der Waals surface area contributed by atoms with E-state index in [9.17, 15) is 14.4 Å². The van der Waals surface area contributed by atoms with E-state index in [0.717, 1.165) is 0 Å².